The molecule has 2 N–H and O–H groups in total. The number of nitrogens with one attached hydrogen (secondary N) is 2. The zero-order chi connectivity index (χ0) is 37.8. The number of fused-ring (bicyclic) bond motifs is 4. The van der Waals surface area contributed by atoms with E-state index in [1.54, 1.807) is 30.6 Å². The summed E-state index contributed by atoms with van der Waals surface area (Å²) in [5.41, 5.74) is 5.33. The molecule has 3 aliphatic heterocycles. The van der Waals surface area contributed by atoms with Crippen molar-refractivity contribution in [3.8, 4) is 11.1 Å². The second-order valence-electron chi connectivity index (χ2n) is 15.4. The summed E-state index contributed by atoms with van der Waals surface area (Å²) >= 11 is 0. The molecule has 0 radical (unpaired) electrons. The van der Waals surface area contributed by atoms with E-state index in [0.29, 0.717) is 22.9 Å². The summed E-state index contributed by atoms with van der Waals surface area (Å²) in [4.78, 5) is 64.9. The van der Waals surface area contributed by atoms with Gasteiger partial charge >= 0.3 is 0 Å². The first-order chi connectivity index (χ1) is 26.7. The van der Waals surface area contributed by atoms with Crippen LogP contribution in [0.5, 0.6) is 0 Å². The fourth-order valence-electron chi connectivity index (χ4n) is 8.97. The molecule has 1 aliphatic carbocycles. The van der Waals surface area contributed by atoms with Crippen molar-refractivity contribution in [3.05, 3.63) is 84.1 Å². The predicted octanol–water partition coefficient (Wildman–Crippen LogP) is 5.51. The standard InChI is InChI=1S/C42H43FN8O4/c1-48-35-12-14-44-24-33(35)30-8-4-26(21-37(30)48)27-20-34(43)39(45-23-27)46-28-5-2-25(3-6-28)13-15-49-16-18-50(19-17-49)29-7-9-31-32(22-29)42(55)51(41(31)54)36-10-11-38(52)47-40(36)53/h4,7-9,12,14,20-25,28,36H,2-3,5-6,10-11,13,15-19H2,1H3,(H,45,46)(H,47,52,53). The molecule has 9 rings (SSSR count). The van der Waals surface area contributed by atoms with Crippen LogP contribution in [0.1, 0.15) is 65.7 Å². The minimum atomic E-state index is -0.969. The Bertz CT molecular complexity index is 2360. The zero-order valence-corrected chi connectivity index (χ0v) is 30.8. The normalized spacial score (nSPS) is 22.1. The Hall–Kier alpha value is -5.69. The minimum Gasteiger partial charge on any atom is -0.369 e. The summed E-state index contributed by atoms with van der Waals surface area (Å²) in [5, 5.41) is 7.85. The lowest BCUT2D eigenvalue weighted by atomic mass is 9.84. The maximum atomic E-state index is 15.4. The van der Waals surface area contributed by atoms with Crippen molar-refractivity contribution in [2.75, 3.05) is 42.9 Å². The first kappa shape index (κ1) is 35.0. The molecule has 4 aliphatic rings. The summed E-state index contributed by atoms with van der Waals surface area (Å²) in [6, 6.07) is 14.3. The number of aromatic nitrogens is 3. The molecule has 282 valence electrons. The van der Waals surface area contributed by atoms with Crippen molar-refractivity contribution in [3.63, 3.8) is 0 Å². The number of pyridine rings is 2. The SMILES string of the molecule is Cn1c2ccncc2c2ccc(-c3cnc(NC4CCC(CCN5CCN(c6ccc7c(c6)C(=O)N(C6CCC(=O)NC6=O)C7=O)CC5)CC4)c(F)c3)cc21. The Morgan fingerprint density at radius 3 is 2.40 bits per heavy atom. The third-order valence-corrected chi connectivity index (χ3v) is 12.2. The van der Waals surface area contributed by atoms with Crippen LogP contribution >= 0.6 is 0 Å². The van der Waals surface area contributed by atoms with Crippen LogP contribution in [0.2, 0.25) is 0 Å². The average molecular weight is 743 g/mol. The molecule has 12 nitrogen and oxygen atoms in total. The molecule has 3 fully saturated rings. The van der Waals surface area contributed by atoms with Crippen molar-refractivity contribution < 1.29 is 23.6 Å². The monoisotopic (exact) mass is 742 g/mol. The van der Waals surface area contributed by atoms with Gasteiger partial charge in [0.2, 0.25) is 11.8 Å². The number of hydrogen-bond acceptors (Lipinski definition) is 9. The molecule has 4 amide bonds. The molecular formula is C42H43FN8O4. The third-order valence-electron chi connectivity index (χ3n) is 12.2. The zero-order valence-electron chi connectivity index (χ0n) is 30.8. The maximum Gasteiger partial charge on any atom is 0.262 e. The quantitative estimate of drug-likeness (QED) is 0.198. The van der Waals surface area contributed by atoms with E-state index in [9.17, 15) is 19.2 Å². The molecule has 3 aromatic heterocycles. The number of piperazine rings is 1. The lowest BCUT2D eigenvalue weighted by molar-refractivity contribution is -0.136. The van der Waals surface area contributed by atoms with Gasteiger partial charge in [-0.3, -0.25) is 39.3 Å². The number of piperidine rings is 1. The van der Waals surface area contributed by atoms with E-state index in [4.69, 9.17) is 0 Å². The second kappa shape index (κ2) is 14.2. The van der Waals surface area contributed by atoms with Gasteiger partial charge in [-0.25, -0.2) is 9.37 Å². The number of hydrogen-bond donors (Lipinski definition) is 2. The Balaban J connectivity index is 0.740. The molecule has 2 saturated heterocycles. The van der Waals surface area contributed by atoms with Gasteiger partial charge < -0.3 is 14.8 Å². The van der Waals surface area contributed by atoms with E-state index >= 15 is 4.39 Å². The fraction of sp³-hybridized carbons (Fsp3) is 0.381. The molecule has 6 heterocycles. The van der Waals surface area contributed by atoms with Crippen molar-refractivity contribution in [2.24, 2.45) is 13.0 Å². The minimum absolute atomic E-state index is 0.0946. The van der Waals surface area contributed by atoms with Crippen LogP contribution in [0.15, 0.2) is 67.1 Å². The van der Waals surface area contributed by atoms with Crippen molar-refractivity contribution in [2.45, 2.75) is 57.0 Å². The summed E-state index contributed by atoms with van der Waals surface area (Å²) in [7, 11) is 2.04. The van der Waals surface area contributed by atoms with Crippen LogP contribution in [-0.4, -0.2) is 92.8 Å². The Morgan fingerprint density at radius 2 is 1.62 bits per heavy atom. The van der Waals surface area contributed by atoms with Crippen molar-refractivity contribution in [1.82, 2.24) is 29.7 Å². The first-order valence-electron chi connectivity index (χ1n) is 19.3. The number of rotatable bonds is 8. The Morgan fingerprint density at radius 1 is 0.818 bits per heavy atom. The molecule has 1 atom stereocenters. The molecule has 5 aromatic rings. The number of anilines is 2. The van der Waals surface area contributed by atoms with Crippen LogP contribution < -0.4 is 15.5 Å². The molecular weight excluding hydrogens is 700 g/mol. The summed E-state index contributed by atoms with van der Waals surface area (Å²) in [5.74, 6) is -1.36. The van der Waals surface area contributed by atoms with Crippen molar-refractivity contribution >= 4 is 56.9 Å². The van der Waals surface area contributed by atoms with Gasteiger partial charge in [-0.1, -0.05) is 12.1 Å². The number of carbonyl (C=O) groups is 4. The number of benzene rings is 2. The highest BCUT2D eigenvalue weighted by molar-refractivity contribution is 6.23. The molecule has 55 heavy (non-hydrogen) atoms. The lowest BCUT2D eigenvalue weighted by Gasteiger charge is -2.37. The van der Waals surface area contributed by atoms with E-state index in [0.717, 1.165) is 108 Å². The van der Waals surface area contributed by atoms with Gasteiger partial charge in [-0.05, 0) is 92.9 Å². The Kier molecular flexibility index (Phi) is 9.04. The third kappa shape index (κ3) is 6.49. The predicted molar refractivity (Wildman–Crippen MR) is 207 cm³/mol. The van der Waals surface area contributed by atoms with Gasteiger partial charge in [0.05, 0.1) is 16.6 Å². The molecule has 1 unspecified atom stereocenters. The smallest absolute Gasteiger partial charge is 0.262 e. The van der Waals surface area contributed by atoms with Crippen LogP contribution in [0.4, 0.5) is 15.9 Å². The van der Waals surface area contributed by atoms with Gasteiger partial charge in [0.25, 0.3) is 11.8 Å². The molecule has 2 aromatic carbocycles. The summed E-state index contributed by atoms with van der Waals surface area (Å²) in [6.45, 7) is 4.44. The molecule has 0 bridgehead atoms. The van der Waals surface area contributed by atoms with Crippen LogP contribution in [0.3, 0.4) is 0 Å². The van der Waals surface area contributed by atoms with Crippen molar-refractivity contribution in [1.29, 1.82) is 0 Å². The van der Waals surface area contributed by atoms with Crippen LogP contribution in [0.25, 0.3) is 32.9 Å². The average Bonchev–Trinajstić information content (AvgIpc) is 3.63. The van der Waals surface area contributed by atoms with E-state index < -0.39 is 23.8 Å². The molecule has 13 heteroatoms. The number of nitrogens with zero attached hydrogens (tertiary/aromatic N) is 6. The topological polar surface area (TPSA) is 133 Å². The highest BCUT2D eigenvalue weighted by atomic mass is 19.1. The second-order valence-corrected chi connectivity index (χ2v) is 15.4. The van der Waals surface area contributed by atoms with Gasteiger partial charge in [0, 0.05) is 91.8 Å². The highest BCUT2D eigenvalue weighted by Gasteiger charge is 2.44. The van der Waals surface area contributed by atoms with Gasteiger partial charge in [-0.2, -0.15) is 0 Å². The number of amides is 4. The number of halogens is 1. The summed E-state index contributed by atoms with van der Waals surface area (Å²) < 4.78 is 17.5. The number of imide groups is 2. The molecule has 0 spiro atoms. The summed E-state index contributed by atoms with van der Waals surface area (Å²) in [6.07, 6.45) is 10.9. The van der Waals surface area contributed by atoms with Gasteiger partial charge in [0.15, 0.2) is 11.6 Å². The van der Waals surface area contributed by atoms with Gasteiger partial charge in [-0.15, -0.1) is 0 Å². The van der Waals surface area contributed by atoms with E-state index in [2.05, 4.69) is 47.1 Å². The number of aryl methyl sites for hydroxylation is 1. The maximum absolute atomic E-state index is 15.4. The van der Waals surface area contributed by atoms with Gasteiger partial charge in [0.1, 0.15) is 6.04 Å². The molecule has 1 saturated carbocycles. The largest absolute Gasteiger partial charge is 0.369 e. The lowest BCUT2D eigenvalue weighted by Crippen LogP contribution is -2.54. The first-order valence-corrected chi connectivity index (χ1v) is 19.3. The van der Waals surface area contributed by atoms with E-state index in [-0.39, 0.29) is 30.6 Å². The van der Waals surface area contributed by atoms with Crippen LogP contribution in [0, 0.1) is 11.7 Å². The van der Waals surface area contributed by atoms with E-state index in [1.165, 1.54) is 0 Å². The fourth-order valence-corrected chi connectivity index (χ4v) is 8.97. The Labute approximate surface area is 317 Å². The highest BCUT2D eigenvalue weighted by Crippen LogP contribution is 2.34. The van der Waals surface area contributed by atoms with E-state index in [1.807, 2.05) is 31.4 Å². The number of carbonyl (C=O) groups excluding carboxylic acids is 4. The van der Waals surface area contributed by atoms with Crippen LogP contribution in [-0.2, 0) is 16.6 Å².